The third-order valence-corrected chi connectivity index (χ3v) is 4.09. The van der Waals surface area contributed by atoms with Gasteiger partial charge in [-0.3, -0.25) is 9.59 Å². The molecular weight excluding hydrogens is 254 g/mol. The van der Waals surface area contributed by atoms with E-state index in [0.717, 1.165) is 36.8 Å². The number of aliphatic carboxylic acids is 1. The topological polar surface area (TPSA) is 57.6 Å². The molecule has 0 atom stereocenters. The van der Waals surface area contributed by atoms with Crippen molar-refractivity contribution in [1.29, 1.82) is 0 Å². The summed E-state index contributed by atoms with van der Waals surface area (Å²) >= 11 is 0. The predicted octanol–water partition coefficient (Wildman–Crippen LogP) is 2.77. The highest BCUT2D eigenvalue weighted by Gasteiger charge is 2.29. The third kappa shape index (κ3) is 3.18. The molecule has 2 rings (SSSR count). The fourth-order valence-electron chi connectivity index (χ4n) is 2.77. The van der Waals surface area contributed by atoms with E-state index in [1.54, 1.807) is 6.07 Å². The van der Waals surface area contributed by atoms with Crippen LogP contribution < -0.4 is 0 Å². The molecule has 0 saturated heterocycles. The lowest BCUT2D eigenvalue weighted by Crippen LogP contribution is -2.42. The van der Waals surface area contributed by atoms with Crippen LogP contribution in [-0.4, -0.2) is 34.5 Å². The number of nitrogens with zero attached hydrogens (tertiary/aromatic N) is 1. The molecule has 1 aliphatic carbocycles. The van der Waals surface area contributed by atoms with Crippen LogP contribution in [0.25, 0.3) is 0 Å². The molecule has 108 valence electrons. The highest BCUT2D eigenvalue weighted by Crippen LogP contribution is 2.25. The first kappa shape index (κ1) is 14.6. The molecule has 1 amide bonds. The fourth-order valence-corrected chi connectivity index (χ4v) is 2.77. The average molecular weight is 275 g/mol. The molecule has 20 heavy (non-hydrogen) atoms. The molecule has 0 bridgehead atoms. The number of hydrogen-bond acceptors (Lipinski definition) is 2. The van der Waals surface area contributed by atoms with E-state index in [4.69, 9.17) is 5.11 Å². The summed E-state index contributed by atoms with van der Waals surface area (Å²) < 4.78 is 0. The van der Waals surface area contributed by atoms with Crippen molar-refractivity contribution in [1.82, 2.24) is 4.90 Å². The number of amides is 1. The van der Waals surface area contributed by atoms with Crippen LogP contribution in [0.2, 0.25) is 0 Å². The summed E-state index contributed by atoms with van der Waals surface area (Å²) in [7, 11) is 0. The van der Waals surface area contributed by atoms with Crippen LogP contribution in [0.1, 0.15) is 47.2 Å². The summed E-state index contributed by atoms with van der Waals surface area (Å²) in [6.45, 7) is 3.75. The van der Waals surface area contributed by atoms with Crippen molar-refractivity contribution in [3.05, 3.63) is 34.9 Å². The molecule has 0 spiro atoms. The molecule has 0 unspecified atom stereocenters. The van der Waals surface area contributed by atoms with Crippen LogP contribution in [-0.2, 0) is 4.79 Å². The maximum Gasteiger partial charge on any atom is 0.323 e. The zero-order chi connectivity index (χ0) is 14.7. The molecule has 1 saturated carbocycles. The van der Waals surface area contributed by atoms with Crippen molar-refractivity contribution in [3.8, 4) is 0 Å². The molecule has 1 aromatic rings. The highest BCUT2D eigenvalue weighted by atomic mass is 16.4. The molecule has 0 aromatic heterocycles. The molecule has 0 aliphatic heterocycles. The Kier molecular flexibility index (Phi) is 4.42. The number of rotatable bonds is 4. The van der Waals surface area contributed by atoms with Crippen LogP contribution in [0.3, 0.4) is 0 Å². The van der Waals surface area contributed by atoms with Crippen molar-refractivity contribution in [2.45, 2.75) is 45.6 Å². The van der Waals surface area contributed by atoms with Gasteiger partial charge in [0.05, 0.1) is 0 Å². The van der Waals surface area contributed by atoms with Crippen molar-refractivity contribution in [2.75, 3.05) is 6.54 Å². The number of carboxylic acid groups (broad SMARTS) is 1. The first-order chi connectivity index (χ1) is 9.49. The van der Waals surface area contributed by atoms with E-state index in [2.05, 4.69) is 0 Å². The molecule has 4 nitrogen and oxygen atoms in total. The normalized spacial score (nSPS) is 15.3. The zero-order valence-electron chi connectivity index (χ0n) is 12.1. The Morgan fingerprint density at radius 1 is 1.20 bits per heavy atom. The van der Waals surface area contributed by atoms with E-state index >= 15 is 0 Å². The monoisotopic (exact) mass is 275 g/mol. The number of benzene rings is 1. The number of carboxylic acids is 1. The lowest BCUT2D eigenvalue weighted by Gasteiger charge is -2.27. The van der Waals surface area contributed by atoms with Crippen LogP contribution in [0.15, 0.2) is 18.2 Å². The summed E-state index contributed by atoms with van der Waals surface area (Å²) in [5.41, 5.74) is 2.77. The van der Waals surface area contributed by atoms with E-state index in [0.29, 0.717) is 5.56 Å². The summed E-state index contributed by atoms with van der Waals surface area (Å²) in [5, 5.41) is 9.04. The molecule has 0 heterocycles. The average Bonchev–Trinajstić information content (AvgIpc) is 2.92. The van der Waals surface area contributed by atoms with Gasteiger partial charge >= 0.3 is 5.97 Å². The standard InChI is InChI=1S/C16H21NO3/c1-11-7-8-13(9-12(11)2)16(20)17(10-15(18)19)14-5-3-4-6-14/h7-9,14H,3-6,10H2,1-2H3,(H,18,19). The molecule has 4 heteroatoms. The summed E-state index contributed by atoms with van der Waals surface area (Å²) in [5.74, 6) is -1.11. The third-order valence-electron chi connectivity index (χ3n) is 4.09. The Labute approximate surface area is 119 Å². The molecule has 0 radical (unpaired) electrons. The minimum Gasteiger partial charge on any atom is -0.480 e. The second-order valence-electron chi connectivity index (χ2n) is 5.56. The van der Waals surface area contributed by atoms with Gasteiger partial charge in [0.2, 0.25) is 0 Å². The maximum absolute atomic E-state index is 12.6. The van der Waals surface area contributed by atoms with Crippen molar-refractivity contribution in [2.24, 2.45) is 0 Å². The van der Waals surface area contributed by atoms with Crippen molar-refractivity contribution < 1.29 is 14.7 Å². The van der Waals surface area contributed by atoms with Gasteiger partial charge in [-0.1, -0.05) is 18.9 Å². The lowest BCUT2D eigenvalue weighted by molar-refractivity contribution is -0.138. The number of hydrogen-bond donors (Lipinski definition) is 1. The first-order valence-corrected chi connectivity index (χ1v) is 7.09. The van der Waals surface area contributed by atoms with Crippen LogP contribution in [0.4, 0.5) is 0 Å². The van der Waals surface area contributed by atoms with Gasteiger partial charge in [-0.2, -0.15) is 0 Å². The van der Waals surface area contributed by atoms with E-state index < -0.39 is 5.97 Å². The second-order valence-corrected chi connectivity index (χ2v) is 5.56. The molecule has 1 fully saturated rings. The maximum atomic E-state index is 12.6. The second kappa shape index (κ2) is 6.07. The summed E-state index contributed by atoms with van der Waals surface area (Å²) in [6.07, 6.45) is 3.95. The van der Waals surface area contributed by atoms with Crippen molar-refractivity contribution in [3.63, 3.8) is 0 Å². The largest absolute Gasteiger partial charge is 0.480 e. The van der Waals surface area contributed by atoms with Gasteiger partial charge in [0, 0.05) is 11.6 Å². The first-order valence-electron chi connectivity index (χ1n) is 7.09. The smallest absolute Gasteiger partial charge is 0.323 e. The van der Waals surface area contributed by atoms with Crippen LogP contribution in [0.5, 0.6) is 0 Å². The number of carbonyl (C=O) groups excluding carboxylic acids is 1. The molecule has 1 aliphatic rings. The van der Waals surface area contributed by atoms with E-state index in [9.17, 15) is 9.59 Å². The van der Waals surface area contributed by atoms with Gasteiger partial charge in [0.25, 0.3) is 5.91 Å². The minimum absolute atomic E-state index is 0.0696. The quantitative estimate of drug-likeness (QED) is 0.919. The van der Waals surface area contributed by atoms with Gasteiger partial charge in [0.1, 0.15) is 6.54 Å². The Morgan fingerprint density at radius 2 is 1.85 bits per heavy atom. The zero-order valence-corrected chi connectivity index (χ0v) is 12.1. The molecule has 1 aromatic carbocycles. The van der Waals surface area contributed by atoms with Gasteiger partial charge in [0.15, 0.2) is 0 Å². The van der Waals surface area contributed by atoms with E-state index in [-0.39, 0.29) is 18.5 Å². The Balaban J connectivity index is 2.24. The highest BCUT2D eigenvalue weighted by molar-refractivity contribution is 5.96. The Bertz CT molecular complexity index is 518. The molecule has 1 N–H and O–H groups in total. The van der Waals surface area contributed by atoms with Gasteiger partial charge in [-0.05, 0) is 49.9 Å². The number of carbonyl (C=O) groups is 2. The van der Waals surface area contributed by atoms with Crippen LogP contribution in [0, 0.1) is 13.8 Å². The van der Waals surface area contributed by atoms with Gasteiger partial charge in [-0.15, -0.1) is 0 Å². The number of aryl methyl sites for hydroxylation is 2. The van der Waals surface area contributed by atoms with Crippen LogP contribution >= 0.6 is 0 Å². The fraction of sp³-hybridized carbons (Fsp3) is 0.500. The van der Waals surface area contributed by atoms with Gasteiger partial charge < -0.3 is 10.0 Å². The minimum atomic E-state index is -0.950. The Morgan fingerprint density at radius 3 is 2.40 bits per heavy atom. The SMILES string of the molecule is Cc1ccc(C(=O)N(CC(=O)O)C2CCCC2)cc1C. The van der Waals surface area contributed by atoms with E-state index in [1.807, 2.05) is 26.0 Å². The predicted molar refractivity (Wildman–Crippen MR) is 76.8 cm³/mol. The van der Waals surface area contributed by atoms with E-state index in [1.165, 1.54) is 4.90 Å². The van der Waals surface area contributed by atoms with Crippen molar-refractivity contribution >= 4 is 11.9 Å². The Hall–Kier alpha value is -1.84. The van der Waals surface area contributed by atoms with Gasteiger partial charge in [-0.25, -0.2) is 0 Å². The summed E-state index contributed by atoms with van der Waals surface area (Å²) in [6, 6.07) is 5.62. The lowest BCUT2D eigenvalue weighted by atomic mass is 10.0. The molecular formula is C16H21NO3. The summed E-state index contributed by atoms with van der Waals surface area (Å²) in [4.78, 5) is 25.2.